The summed E-state index contributed by atoms with van der Waals surface area (Å²) in [6.45, 7) is 0.684. The molecule has 1 saturated carbocycles. The van der Waals surface area contributed by atoms with Crippen LogP contribution in [0.2, 0.25) is 0 Å². The Morgan fingerprint density at radius 2 is 1.96 bits per heavy atom. The third-order valence-corrected chi connectivity index (χ3v) is 7.20. The first kappa shape index (κ1) is 19.4. The maximum absolute atomic E-state index is 13.0. The fourth-order valence-corrected chi connectivity index (χ4v) is 5.85. The van der Waals surface area contributed by atoms with E-state index >= 15 is 0 Å². The Morgan fingerprint density at radius 3 is 2.65 bits per heavy atom. The van der Waals surface area contributed by atoms with Gasteiger partial charge < -0.3 is 9.47 Å². The Kier molecular flexibility index (Phi) is 5.24. The molecule has 0 unspecified atom stereocenters. The molecule has 1 saturated heterocycles. The molecule has 9 heteroatoms. The molecule has 1 aliphatic carbocycles. The van der Waals surface area contributed by atoms with Crippen molar-refractivity contribution < 1.29 is 31.1 Å². The maximum Gasteiger partial charge on any atom is 0.573 e. The van der Waals surface area contributed by atoms with Crippen molar-refractivity contribution in [3.8, 4) is 5.75 Å². The first-order valence-corrected chi connectivity index (χ1v) is 9.99. The molecule has 1 aliphatic heterocycles. The highest BCUT2D eigenvalue weighted by Crippen LogP contribution is 2.47. The van der Waals surface area contributed by atoms with Gasteiger partial charge in [-0.3, -0.25) is 0 Å². The van der Waals surface area contributed by atoms with E-state index in [0.717, 1.165) is 37.8 Å². The minimum atomic E-state index is -4.87. The van der Waals surface area contributed by atoms with E-state index in [1.54, 1.807) is 7.11 Å². The molecule has 2 aliphatic rings. The number of alkyl halides is 3. The molecule has 1 aromatic carbocycles. The molecule has 0 N–H and O–H groups in total. The number of methoxy groups -OCH3 is 1. The topological polar surface area (TPSA) is 55.8 Å². The van der Waals surface area contributed by atoms with E-state index < -0.39 is 22.1 Å². The summed E-state index contributed by atoms with van der Waals surface area (Å²) in [5.74, 6) is -0.541. The van der Waals surface area contributed by atoms with Crippen molar-refractivity contribution in [1.82, 2.24) is 4.31 Å². The van der Waals surface area contributed by atoms with Crippen LogP contribution >= 0.6 is 0 Å². The van der Waals surface area contributed by atoms with E-state index in [9.17, 15) is 21.6 Å². The average Bonchev–Trinajstić information content (AvgIpc) is 2.95. The van der Waals surface area contributed by atoms with Gasteiger partial charge in [-0.2, -0.15) is 4.31 Å². The summed E-state index contributed by atoms with van der Waals surface area (Å²) in [6, 6.07) is 4.55. The normalized spacial score (nSPS) is 27.8. The second-order valence-electron chi connectivity index (χ2n) is 6.94. The maximum atomic E-state index is 13.0. The fraction of sp³-hybridized carbons (Fsp3) is 0.647. The predicted molar refractivity (Wildman–Crippen MR) is 88.2 cm³/mol. The van der Waals surface area contributed by atoms with E-state index in [-0.39, 0.29) is 16.4 Å². The third-order valence-electron chi connectivity index (χ3n) is 5.36. The Bertz CT molecular complexity index is 753. The number of ether oxygens (including phenoxy) is 2. The lowest BCUT2D eigenvalue weighted by molar-refractivity contribution is -0.274. The summed E-state index contributed by atoms with van der Waals surface area (Å²) in [5.41, 5.74) is -0.208. The Balaban J connectivity index is 1.85. The molecule has 5 nitrogen and oxygen atoms in total. The molecule has 3 rings (SSSR count). The highest BCUT2D eigenvalue weighted by atomic mass is 32.2. The summed E-state index contributed by atoms with van der Waals surface area (Å²) >= 11 is 0. The molecule has 2 atom stereocenters. The smallest absolute Gasteiger partial charge is 0.406 e. The number of halogens is 3. The molecule has 1 heterocycles. The average molecular weight is 393 g/mol. The zero-order chi connectivity index (χ0) is 19.0. The van der Waals surface area contributed by atoms with Gasteiger partial charge in [0.25, 0.3) is 0 Å². The van der Waals surface area contributed by atoms with Crippen molar-refractivity contribution in [3.63, 3.8) is 0 Å². The molecule has 1 spiro atoms. The highest BCUT2D eigenvalue weighted by Gasteiger charge is 2.48. The Hall–Kier alpha value is -1.32. The quantitative estimate of drug-likeness (QED) is 0.785. The Labute approximate surface area is 151 Å². The van der Waals surface area contributed by atoms with E-state index in [0.29, 0.717) is 19.5 Å². The lowest BCUT2D eigenvalue weighted by Gasteiger charge is -2.43. The van der Waals surface area contributed by atoms with Gasteiger partial charge in [-0.25, -0.2) is 8.42 Å². The zero-order valence-electron chi connectivity index (χ0n) is 14.5. The first-order chi connectivity index (χ1) is 12.2. The van der Waals surface area contributed by atoms with Crippen LogP contribution in [0.25, 0.3) is 0 Å². The Morgan fingerprint density at radius 1 is 1.23 bits per heavy atom. The van der Waals surface area contributed by atoms with Gasteiger partial charge in [0.15, 0.2) is 0 Å². The second-order valence-corrected chi connectivity index (χ2v) is 8.88. The summed E-state index contributed by atoms with van der Waals surface area (Å²) in [5, 5.41) is 0. The van der Waals surface area contributed by atoms with Crippen molar-refractivity contribution in [2.24, 2.45) is 5.41 Å². The van der Waals surface area contributed by atoms with Crippen molar-refractivity contribution in [2.75, 3.05) is 20.2 Å². The van der Waals surface area contributed by atoms with Crippen LogP contribution in [0.5, 0.6) is 5.75 Å². The van der Waals surface area contributed by atoms with Crippen LogP contribution in [-0.2, 0) is 14.8 Å². The SMILES string of the molecule is CO[C@@H]1CCC[C@@]12CCCN(S(=O)(=O)c1cccc(OC(F)(F)F)c1)C2. The van der Waals surface area contributed by atoms with Crippen molar-refractivity contribution in [1.29, 1.82) is 0 Å². The highest BCUT2D eigenvalue weighted by molar-refractivity contribution is 7.89. The van der Waals surface area contributed by atoms with E-state index in [1.807, 2.05) is 0 Å². The molecule has 2 fully saturated rings. The molecule has 0 bridgehead atoms. The molecular weight excluding hydrogens is 371 g/mol. The predicted octanol–water partition coefficient (Wildman–Crippen LogP) is 3.56. The number of benzene rings is 1. The van der Waals surface area contributed by atoms with Crippen LogP contribution in [0.1, 0.15) is 32.1 Å². The van der Waals surface area contributed by atoms with Crippen LogP contribution in [0.15, 0.2) is 29.2 Å². The van der Waals surface area contributed by atoms with Crippen LogP contribution in [0, 0.1) is 5.41 Å². The van der Waals surface area contributed by atoms with Gasteiger partial charge in [0.2, 0.25) is 10.0 Å². The minimum absolute atomic E-state index is 0.0143. The van der Waals surface area contributed by atoms with Gasteiger partial charge in [0.05, 0.1) is 11.0 Å². The summed E-state index contributed by atoms with van der Waals surface area (Å²) in [6.07, 6.45) is -0.463. The van der Waals surface area contributed by atoms with Crippen molar-refractivity contribution in [2.45, 2.75) is 49.5 Å². The van der Waals surface area contributed by atoms with Gasteiger partial charge in [0.1, 0.15) is 5.75 Å². The lowest BCUT2D eigenvalue weighted by Crippen LogP contribution is -2.49. The number of hydrogen-bond acceptors (Lipinski definition) is 4. The van der Waals surface area contributed by atoms with Crippen LogP contribution in [0.4, 0.5) is 13.2 Å². The molecule has 0 aromatic heterocycles. The van der Waals surface area contributed by atoms with E-state index in [1.165, 1.54) is 16.4 Å². The number of rotatable bonds is 4. The molecular formula is C17H22F3NO4S. The standard InChI is InChI=1S/C17H22F3NO4S/c1-24-15-7-3-8-16(15)9-4-10-21(12-16)26(22,23)14-6-2-5-13(11-14)25-17(18,19)20/h2,5-6,11,15H,3-4,7-10,12H2,1H3/t15-,16+/m1/s1. The molecule has 146 valence electrons. The molecule has 0 amide bonds. The second kappa shape index (κ2) is 7.01. The van der Waals surface area contributed by atoms with Gasteiger partial charge in [-0.1, -0.05) is 12.5 Å². The summed E-state index contributed by atoms with van der Waals surface area (Å²) < 4.78 is 74.0. The molecule has 1 aromatic rings. The van der Waals surface area contributed by atoms with Gasteiger partial charge in [-0.15, -0.1) is 13.2 Å². The lowest BCUT2D eigenvalue weighted by atomic mass is 9.77. The minimum Gasteiger partial charge on any atom is -0.406 e. The van der Waals surface area contributed by atoms with Gasteiger partial charge >= 0.3 is 6.36 Å². The molecule has 26 heavy (non-hydrogen) atoms. The fourth-order valence-electron chi connectivity index (χ4n) is 4.24. The largest absolute Gasteiger partial charge is 0.573 e. The third kappa shape index (κ3) is 3.84. The van der Waals surface area contributed by atoms with E-state index in [4.69, 9.17) is 4.74 Å². The number of hydrogen-bond donors (Lipinski definition) is 0. The monoisotopic (exact) mass is 393 g/mol. The van der Waals surface area contributed by atoms with E-state index in [2.05, 4.69) is 4.74 Å². The zero-order valence-corrected chi connectivity index (χ0v) is 15.3. The van der Waals surface area contributed by atoms with Crippen molar-refractivity contribution in [3.05, 3.63) is 24.3 Å². The first-order valence-electron chi connectivity index (χ1n) is 8.55. The number of nitrogens with zero attached hydrogens (tertiary/aromatic N) is 1. The van der Waals surface area contributed by atoms with Gasteiger partial charge in [-0.05, 0) is 37.8 Å². The van der Waals surface area contributed by atoms with Crippen LogP contribution < -0.4 is 4.74 Å². The number of piperidine rings is 1. The van der Waals surface area contributed by atoms with Crippen molar-refractivity contribution >= 4 is 10.0 Å². The van der Waals surface area contributed by atoms with Crippen LogP contribution in [-0.4, -0.2) is 45.4 Å². The summed E-state index contributed by atoms with van der Waals surface area (Å²) in [4.78, 5) is -0.191. The summed E-state index contributed by atoms with van der Waals surface area (Å²) in [7, 11) is -2.26. The van der Waals surface area contributed by atoms with Gasteiger partial charge in [0, 0.05) is 31.7 Å². The molecule has 0 radical (unpaired) electrons. The van der Waals surface area contributed by atoms with Crippen LogP contribution in [0.3, 0.4) is 0 Å². The number of sulfonamides is 1.